The molecule has 1 rings (SSSR count). The van der Waals surface area contributed by atoms with Gasteiger partial charge in [-0.1, -0.05) is 12.1 Å². The lowest BCUT2D eigenvalue weighted by Crippen LogP contribution is -2.33. The SMILES string of the molecule is COCCN(CCOC)c1ccc(CCNC(=O)OC(C)(C)C)cc1. The van der Waals surface area contributed by atoms with Crippen LogP contribution in [0.15, 0.2) is 24.3 Å². The maximum Gasteiger partial charge on any atom is 0.407 e. The molecule has 0 heterocycles. The van der Waals surface area contributed by atoms with Crippen LogP contribution >= 0.6 is 0 Å². The van der Waals surface area contributed by atoms with Crippen LogP contribution in [-0.4, -0.2) is 58.8 Å². The molecule has 6 heteroatoms. The van der Waals surface area contributed by atoms with Gasteiger partial charge < -0.3 is 24.4 Å². The molecule has 1 aromatic carbocycles. The zero-order chi connectivity index (χ0) is 18.7. The minimum absolute atomic E-state index is 0.380. The van der Waals surface area contributed by atoms with E-state index in [9.17, 15) is 4.79 Å². The topological polar surface area (TPSA) is 60.0 Å². The average molecular weight is 352 g/mol. The standard InChI is InChI=1S/C19H32N2O4/c1-19(2,3)25-18(22)20-11-10-16-6-8-17(9-7-16)21(12-14-23-4)13-15-24-5/h6-9H,10-15H2,1-5H3,(H,20,22). The third-order valence-electron chi connectivity index (χ3n) is 3.51. The Kier molecular flexibility index (Phi) is 9.31. The van der Waals surface area contributed by atoms with Crippen LogP contribution in [0.5, 0.6) is 0 Å². The Hall–Kier alpha value is -1.79. The van der Waals surface area contributed by atoms with Gasteiger partial charge in [-0.2, -0.15) is 0 Å². The maximum atomic E-state index is 11.6. The van der Waals surface area contributed by atoms with Crippen molar-refractivity contribution in [3.8, 4) is 0 Å². The van der Waals surface area contributed by atoms with E-state index >= 15 is 0 Å². The number of amides is 1. The summed E-state index contributed by atoms with van der Waals surface area (Å²) in [4.78, 5) is 13.9. The number of nitrogens with one attached hydrogen (secondary N) is 1. The molecule has 1 N–H and O–H groups in total. The Morgan fingerprint density at radius 1 is 1.04 bits per heavy atom. The second kappa shape index (κ2) is 10.9. The van der Waals surface area contributed by atoms with E-state index in [4.69, 9.17) is 14.2 Å². The van der Waals surface area contributed by atoms with Crippen molar-refractivity contribution in [1.29, 1.82) is 0 Å². The summed E-state index contributed by atoms with van der Waals surface area (Å²) < 4.78 is 15.6. The molecule has 0 fully saturated rings. The number of nitrogens with zero attached hydrogens (tertiary/aromatic N) is 1. The number of anilines is 1. The Morgan fingerprint density at radius 2 is 1.60 bits per heavy atom. The van der Waals surface area contributed by atoms with E-state index in [0.29, 0.717) is 19.8 Å². The first-order chi connectivity index (χ1) is 11.9. The first-order valence-electron chi connectivity index (χ1n) is 8.64. The minimum Gasteiger partial charge on any atom is -0.444 e. The van der Waals surface area contributed by atoms with E-state index in [1.54, 1.807) is 14.2 Å². The van der Waals surface area contributed by atoms with E-state index in [1.165, 1.54) is 5.56 Å². The molecule has 25 heavy (non-hydrogen) atoms. The van der Waals surface area contributed by atoms with Crippen molar-refractivity contribution >= 4 is 11.8 Å². The van der Waals surface area contributed by atoms with Gasteiger partial charge in [0.05, 0.1) is 13.2 Å². The lowest BCUT2D eigenvalue weighted by Gasteiger charge is -2.24. The quantitative estimate of drug-likeness (QED) is 0.702. The third-order valence-corrected chi connectivity index (χ3v) is 3.51. The zero-order valence-electron chi connectivity index (χ0n) is 16.1. The van der Waals surface area contributed by atoms with Crippen molar-refractivity contribution in [2.24, 2.45) is 0 Å². The molecule has 6 nitrogen and oxygen atoms in total. The van der Waals surface area contributed by atoms with Crippen LogP contribution in [0.25, 0.3) is 0 Å². The minimum atomic E-state index is -0.473. The Balaban J connectivity index is 2.49. The molecule has 1 amide bonds. The van der Waals surface area contributed by atoms with Gasteiger partial charge >= 0.3 is 6.09 Å². The van der Waals surface area contributed by atoms with Crippen LogP contribution in [0, 0.1) is 0 Å². The van der Waals surface area contributed by atoms with Gasteiger partial charge in [-0.25, -0.2) is 4.79 Å². The van der Waals surface area contributed by atoms with Gasteiger partial charge in [0.25, 0.3) is 0 Å². The predicted octanol–water partition coefficient (Wildman–Crippen LogP) is 2.85. The van der Waals surface area contributed by atoms with E-state index in [1.807, 2.05) is 20.8 Å². The second-order valence-electron chi connectivity index (χ2n) is 6.82. The fourth-order valence-corrected chi connectivity index (χ4v) is 2.27. The molecule has 0 atom stereocenters. The molecule has 0 bridgehead atoms. The molecule has 0 aliphatic heterocycles. The number of carbonyl (C=O) groups excluding carboxylic acids is 1. The van der Waals surface area contributed by atoms with E-state index in [2.05, 4.69) is 34.5 Å². The van der Waals surface area contributed by atoms with Crippen molar-refractivity contribution in [2.75, 3.05) is 52.0 Å². The van der Waals surface area contributed by atoms with Crippen LogP contribution in [0.3, 0.4) is 0 Å². The number of alkyl carbamates (subject to hydrolysis) is 1. The van der Waals surface area contributed by atoms with E-state index < -0.39 is 5.60 Å². The normalized spacial score (nSPS) is 11.2. The van der Waals surface area contributed by atoms with Gasteiger partial charge in [0.15, 0.2) is 0 Å². The molecule has 0 unspecified atom stereocenters. The highest BCUT2D eigenvalue weighted by Gasteiger charge is 2.15. The molecule has 0 spiro atoms. The van der Waals surface area contributed by atoms with Gasteiger partial charge in [0.1, 0.15) is 5.60 Å². The molecular weight excluding hydrogens is 320 g/mol. The summed E-state index contributed by atoms with van der Waals surface area (Å²) in [5.74, 6) is 0. The van der Waals surface area contributed by atoms with Crippen molar-refractivity contribution in [1.82, 2.24) is 5.32 Å². The number of hydrogen-bond donors (Lipinski definition) is 1. The highest BCUT2D eigenvalue weighted by Crippen LogP contribution is 2.15. The molecule has 0 saturated carbocycles. The number of rotatable bonds is 10. The average Bonchev–Trinajstić information content (AvgIpc) is 2.54. The van der Waals surface area contributed by atoms with Crippen LogP contribution < -0.4 is 10.2 Å². The van der Waals surface area contributed by atoms with Crippen molar-refractivity contribution in [3.63, 3.8) is 0 Å². The Morgan fingerprint density at radius 3 is 2.08 bits per heavy atom. The Labute approximate surface area is 151 Å². The van der Waals surface area contributed by atoms with Gasteiger partial charge in [-0.15, -0.1) is 0 Å². The zero-order valence-corrected chi connectivity index (χ0v) is 16.1. The fraction of sp³-hybridized carbons (Fsp3) is 0.632. The van der Waals surface area contributed by atoms with E-state index in [-0.39, 0.29) is 6.09 Å². The summed E-state index contributed by atoms with van der Waals surface area (Å²) in [5, 5.41) is 2.78. The van der Waals surface area contributed by atoms with Gasteiger partial charge in [0, 0.05) is 39.5 Å². The molecule has 142 valence electrons. The maximum absolute atomic E-state index is 11.6. The molecular formula is C19H32N2O4. The van der Waals surface area contributed by atoms with Crippen molar-refractivity contribution < 1.29 is 19.0 Å². The van der Waals surface area contributed by atoms with Crippen LogP contribution in [0.1, 0.15) is 26.3 Å². The smallest absolute Gasteiger partial charge is 0.407 e. The Bertz CT molecular complexity index is 489. The lowest BCUT2D eigenvalue weighted by atomic mass is 10.1. The third kappa shape index (κ3) is 9.31. The second-order valence-corrected chi connectivity index (χ2v) is 6.82. The molecule has 1 aromatic rings. The summed E-state index contributed by atoms with van der Waals surface area (Å²) in [6, 6.07) is 8.35. The van der Waals surface area contributed by atoms with Crippen LogP contribution in [-0.2, 0) is 20.6 Å². The number of methoxy groups -OCH3 is 2. The summed E-state index contributed by atoms with van der Waals surface area (Å²) in [6.07, 6.45) is 0.379. The molecule has 0 saturated heterocycles. The largest absolute Gasteiger partial charge is 0.444 e. The number of carbonyl (C=O) groups is 1. The summed E-state index contributed by atoms with van der Waals surface area (Å²) in [7, 11) is 3.41. The number of ether oxygens (including phenoxy) is 3. The van der Waals surface area contributed by atoms with E-state index in [0.717, 1.165) is 25.2 Å². The lowest BCUT2D eigenvalue weighted by molar-refractivity contribution is 0.0528. The van der Waals surface area contributed by atoms with Gasteiger partial charge in [0.2, 0.25) is 0 Å². The highest BCUT2D eigenvalue weighted by atomic mass is 16.6. The highest BCUT2D eigenvalue weighted by molar-refractivity contribution is 5.67. The molecule has 0 radical (unpaired) electrons. The predicted molar refractivity (Wildman–Crippen MR) is 100 cm³/mol. The van der Waals surface area contributed by atoms with Gasteiger partial charge in [-0.3, -0.25) is 0 Å². The summed E-state index contributed by atoms with van der Waals surface area (Å²) in [6.45, 7) is 9.08. The van der Waals surface area contributed by atoms with Crippen molar-refractivity contribution in [2.45, 2.75) is 32.8 Å². The monoisotopic (exact) mass is 352 g/mol. The molecule has 0 aliphatic rings. The fourth-order valence-electron chi connectivity index (χ4n) is 2.27. The first-order valence-corrected chi connectivity index (χ1v) is 8.64. The summed E-state index contributed by atoms with van der Waals surface area (Å²) in [5.41, 5.74) is 1.83. The number of hydrogen-bond acceptors (Lipinski definition) is 5. The van der Waals surface area contributed by atoms with Crippen LogP contribution in [0.2, 0.25) is 0 Å². The van der Waals surface area contributed by atoms with Crippen LogP contribution in [0.4, 0.5) is 10.5 Å². The summed E-state index contributed by atoms with van der Waals surface area (Å²) >= 11 is 0. The van der Waals surface area contributed by atoms with Gasteiger partial charge in [-0.05, 0) is 44.9 Å². The number of benzene rings is 1. The molecule has 0 aliphatic carbocycles. The first kappa shape index (κ1) is 21.3. The molecule has 0 aromatic heterocycles. The van der Waals surface area contributed by atoms with Crippen molar-refractivity contribution in [3.05, 3.63) is 29.8 Å².